The van der Waals surface area contributed by atoms with E-state index in [1.165, 1.54) is 4.31 Å². The van der Waals surface area contributed by atoms with E-state index in [4.69, 9.17) is 11.6 Å². The number of carbonyl (C=O) groups is 1. The number of nitrogens with one attached hydrogen (secondary N) is 2. The van der Waals surface area contributed by atoms with Crippen LogP contribution < -0.4 is 10.6 Å². The number of anilines is 1. The zero-order chi connectivity index (χ0) is 21.1. The summed E-state index contributed by atoms with van der Waals surface area (Å²) in [6.45, 7) is 1.82. The fourth-order valence-electron chi connectivity index (χ4n) is 3.34. The first kappa shape index (κ1) is 20.6. The molecule has 9 nitrogen and oxygen atoms in total. The Morgan fingerprint density at radius 1 is 1.10 bits per heavy atom. The lowest BCUT2D eigenvalue weighted by molar-refractivity contribution is 0.251. The molecule has 30 heavy (non-hydrogen) atoms. The normalized spacial score (nSPS) is 14.8. The second-order valence-electron chi connectivity index (χ2n) is 6.96. The smallest absolute Gasteiger partial charge is 0.319 e. The van der Waals surface area contributed by atoms with Gasteiger partial charge in [-0.15, -0.1) is 5.10 Å². The van der Waals surface area contributed by atoms with Crippen LogP contribution >= 0.6 is 11.6 Å². The number of amides is 2. The molecule has 2 amide bonds. The quantitative estimate of drug-likeness (QED) is 0.602. The van der Waals surface area contributed by atoms with Crippen LogP contribution in [0.3, 0.4) is 0 Å². The zero-order valence-electron chi connectivity index (χ0n) is 16.1. The van der Waals surface area contributed by atoms with Crippen molar-refractivity contribution < 1.29 is 13.2 Å². The minimum atomic E-state index is -3.50. The van der Waals surface area contributed by atoms with Crippen molar-refractivity contribution in [1.29, 1.82) is 0 Å². The van der Waals surface area contributed by atoms with Gasteiger partial charge in [0.25, 0.3) is 0 Å². The molecule has 1 aliphatic rings. The van der Waals surface area contributed by atoms with Crippen molar-refractivity contribution in [2.75, 3.05) is 25.0 Å². The standard InChI is InChI=1S/C19H21ClN6O3S/c20-14-3-5-15(6-4-14)22-19(27)21-9-12-26-18-8-7-16(13-17(18)23-24-26)30(28,29)25-10-1-2-11-25/h3-8,13H,1-2,9-12H2,(H2,21,22,27). The number of halogens is 1. The van der Waals surface area contributed by atoms with Crippen LogP contribution in [0.5, 0.6) is 0 Å². The van der Waals surface area contributed by atoms with Gasteiger partial charge in [0.05, 0.1) is 17.0 Å². The molecule has 0 radical (unpaired) electrons. The Bertz CT molecular complexity index is 1160. The average Bonchev–Trinajstić information content (AvgIpc) is 3.40. The third-order valence-corrected chi connectivity index (χ3v) is 7.05. The van der Waals surface area contributed by atoms with Crippen LogP contribution in [0.1, 0.15) is 12.8 Å². The first-order valence-corrected chi connectivity index (χ1v) is 11.4. The van der Waals surface area contributed by atoms with Crippen molar-refractivity contribution in [2.24, 2.45) is 0 Å². The Hall–Kier alpha value is -2.69. The first-order valence-electron chi connectivity index (χ1n) is 9.57. The number of hydrogen-bond acceptors (Lipinski definition) is 5. The number of hydrogen-bond donors (Lipinski definition) is 2. The van der Waals surface area contributed by atoms with Crippen LogP contribution in [0, 0.1) is 0 Å². The summed E-state index contributed by atoms with van der Waals surface area (Å²) in [4.78, 5) is 12.2. The van der Waals surface area contributed by atoms with E-state index >= 15 is 0 Å². The van der Waals surface area contributed by atoms with E-state index < -0.39 is 10.0 Å². The molecule has 0 atom stereocenters. The highest BCUT2D eigenvalue weighted by atomic mass is 35.5. The SMILES string of the molecule is O=C(NCCn1nnc2cc(S(=O)(=O)N3CCCC3)ccc21)Nc1ccc(Cl)cc1. The van der Waals surface area contributed by atoms with E-state index in [0.29, 0.717) is 47.9 Å². The van der Waals surface area contributed by atoms with Gasteiger partial charge >= 0.3 is 6.03 Å². The van der Waals surface area contributed by atoms with Gasteiger partial charge in [-0.1, -0.05) is 16.8 Å². The number of benzene rings is 2. The monoisotopic (exact) mass is 448 g/mol. The molecular weight excluding hydrogens is 428 g/mol. The van der Waals surface area contributed by atoms with E-state index in [1.54, 1.807) is 47.1 Å². The number of fused-ring (bicyclic) bond motifs is 1. The highest BCUT2D eigenvalue weighted by Gasteiger charge is 2.27. The van der Waals surface area contributed by atoms with Crippen LogP contribution in [0.15, 0.2) is 47.4 Å². The van der Waals surface area contributed by atoms with Gasteiger partial charge < -0.3 is 10.6 Å². The summed E-state index contributed by atoms with van der Waals surface area (Å²) in [5, 5.41) is 14.2. The molecule has 3 aromatic rings. The van der Waals surface area contributed by atoms with Crippen molar-refractivity contribution >= 4 is 44.4 Å². The summed E-state index contributed by atoms with van der Waals surface area (Å²) in [6, 6.07) is 11.3. The predicted molar refractivity (Wildman–Crippen MR) is 114 cm³/mol. The molecule has 2 N–H and O–H groups in total. The Morgan fingerprint density at radius 3 is 2.57 bits per heavy atom. The Balaban J connectivity index is 1.38. The van der Waals surface area contributed by atoms with Gasteiger partial charge in [0.2, 0.25) is 10.0 Å². The van der Waals surface area contributed by atoms with Crippen molar-refractivity contribution in [3.63, 3.8) is 0 Å². The second-order valence-corrected chi connectivity index (χ2v) is 9.34. The molecule has 1 saturated heterocycles. The summed E-state index contributed by atoms with van der Waals surface area (Å²) in [5.74, 6) is 0. The van der Waals surface area contributed by atoms with Crippen LogP contribution in [0.2, 0.25) is 5.02 Å². The van der Waals surface area contributed by atoms with E-state index in [2.05, 4.69) is 20.9 Å². The highest BCUT2D eigenvalue weighted by Crippen LogP contribution is 2.23. The molecule has 1 aliphatic heterocycles. The number of urea groups is 1. The Labute approximate surface area is 179 Å². The fraction of sp³-hybridized carbons (Fsp3) is 0.316. The second kappa shape index (κ2) is 8.58. The summed E-state index contributed by atoms with van der Waals surface area (Å²) in [5.41, 5.74) is 1.84. The lowest BCUT2D eigenvalue weighted by atomic mass is 10.3. The number of aromatic nitrogens is 3. The molecule has 0 saturated carbocycles. The topological polar surface area (TPSA) is 109 Å². The number of nitrogens with zero attached hydrogens (tertiary/aromatic N) is 4. The molecule has 0 aliphatic carbocycles. The molecular formula is C19H21ClN6O3S. The first-order chi connectivity index (χ1) is 14.4. The van der Waals surface area contributed by atoms with Gasteiger partial charge in [-0.25, -0.2) is 17.9 Å². The molecule has 1 fully saturated rings. The van der Waals surface area contributed by atoms with Crippen molar-refractivity contribution in [1.82, 2.24) is 24.6 Å². The van der Waals surface area contributed by atoms with E-state index in [-0.39, 0.29) is 10.9 Å². The third kappa shape index (κ3) is 4.40. The van der Waals surface area contributed by atoms with Crippen molar-refractivity contribution in [2.45, 2.75) is 24.3 Å². The summed E-state index contributed by atoms with van der Waals surface area (Å²) < 4.78 is 28.6. The van der Waals surface area contributed by atoms with Gasteiger partial charge in [-0.3, -0.25) is 0 Å². The molecule has 11 heteroatoms. The predicted octanol–water partition coefficient (Wildman–Crippen LogP) is 2.69. The van der Waals surface area contributed by atoms with Gasteiger partial charge in [0.1, 0.15) is 5.52 Å². The molecule has 2 aromatic carbocycles. The largest absolute Gasteiger partial charge is 0.336 e. The number of carbonyl (C=O) groups excluding carboxylic acids is 1. The molecule has 158 valence electrons. The molecule has 4 rings (SSSR count). The summed E-state index contributed by atoms with van der Waals surface area (Å²) >= 11 is 5.82. The fourth-order valence-corrected chi connectivity index (χ4v) is 5.00. The van der Waals surface area contributed by atoms with Crippen LogP contribution in [-0.2, 0) is 16.6 Å². The molecule has 0 bridgehead atoms. The minimum Gasteiger partial charge on any atom is -0.336 e. The van der Waals surface area contributed by atoms with E-state index in [1.807, 2.05) is 0 Å². The Kier molecular flexibility index (Phi) is 5.89. The molecule has 1 aromatic heterocycles. The summed E-state index contributed by atoms with van der Waals surface area (Å²) in [7, 11) is -3.50. The van der Waals surface area contributed by atoms with E-state index in [9.17, 15) is 13.2 Å². The maximum atomic E-state index is 12.7. The highest BCUT2D eigenvalue weighted by molar-refractivity contribution is 7.89. The Morgan fingerprint density at radius 2 is 1.83 bits per heavy atom. The van der Waals surface area contributed by atoms with Gasteiger partial charge in [-0.05, 0) is 55.3 Å². The summed E-state index contributed by atoms with van der Waals surface area (Å²) in [6.07, 6.45) is 1.77. The van der Waals surface area contributed by atoms with Crippen LogP contribution in [0.25, 0.3) is 11.0 Å². The number of rotatable bonds is 6. The van der Waals surface area contributed by atoms with Gasteiger partial charge in [0.15, 0.2) is 0 Å². The molecule has 0 unspecified atom stereocenters. The maximum Gasteiger partial charge on any atom is 0.319 e. The zero-order valence-corrected chi connectivity index (χ0v) is 17.7. The van der Waals surface area contributed by atoms with Crippen molar-refractivity contribution in [3.8, 4) is 0 Å². The molecule has 0 spiro atoms. The number of sulfonamides is 1. The van der Waals surface area contributed by atoms with Gasteiger partial charge in [0, 0.05) is 30.3 Å². The van der Waals surface area contributed by atoms with Gasteiger partial charge in [-0.2, -0.15) is 4.31 Å². The van der Waals surface area contributed by atoms with Crippen LogP contribution in [0.4, 0.5) is 10.5 Å². The van der Waals surface area contributed by atoms with E-state index in [0.717, 1.165) is 12.8 Å². The maximum absolute atomic E-state index is 12.7. The lowest BCUT2D eigenvalue weighted by Gasteiger charge is -2.15. The lowest BCUT2D eigenvalue weighted by Crippen LogP contribution is -2.31. The van der Waals surface area contributed by atoms with Crippen LogP contribution in [-0.4, -0.2) is 53.4 Å². The average molecular weight is 449 g/mol. The van der Waals surface area contributed by atoms with Crippen molar-refractivity contribution in [3.05, 3.63) is 47.5 Å². The third-order valence-electron chi connectivity index (χ3n) is 4.90. The molecule has 2 heterocycles. The minimum absolute atomic E-state index is 0.226.